The van der Waals surface area contributed by atoms with Crippen LogP contribution in [-0.4, -0.2) is 21.8 Å². The first-order chi connectivity index (χ1) is 25.4. The number of unbranched alkanes of at least 4 members (excludes halogenated alkanes) is 4. The predicted molar refractivity (Wildman–Crippen MR) is 215 cm³/mol. The number of aromatic nitrogens is 2. The van der Waals surface area contributed by atoms with E-state index in [1.54, 1.807) is 22.2 Å². The number of fused-ring (bicyclic) bond motifs is 2. The van der Waals surface area contributed by atoms with Crippen LogP contribution in [0.4, 0.5) is 22.7 Å². The molecule has 0 saturated heterocycles. The Labute approximate surface area is 307 Å². The minimum atomic E-state index is -0.265. The average Bonchev–Trinajstić information content (AvgIpc) is 3.18. The van der Waals surface area contributed by atoms with Gasteiger partial charge in [-0.1, -0.05) is 107 Å². The van der Waals surface area contributed by atoms with Crippen LogP contribution in [0, 0.1) is 0 Å². The van der Waals surface area contributed by atoms with Crippen molar-refractivity contribution in [2.75, 3.05) is 9.80 Å². The average molecular weight is 689 g/mol. The Bertz CT molecular complexity index is 2140. The van der Waals surface area contributed by atoms with Gasteiger partial charge in [-0.2, -0.15) is 0 Å². The zero-order chi connectivity index (χ0) is 36.3. The summed E-state index contributed by atoms with van der Waals surface area (Å²) in [6, 6.07) is 36.1. The highest BCUT2D eigenvalue weighted by Gasteiger charge is 2.25. The Morgan fingerprint density at radius 2 is 1.02 bits per heavy atom. The van der Waals surface area contributed by atoms with E-state index in [0.29, 0.717) is 16.9 Å². The lowest BCUT2D eigenvalue weighted by molar-refractivity contribution is -0.118. The predicted octanol–water partition coefficient (Wildman–Crippen LogP) is 11.6. The zero-order valence-electron chi connectivity index (χ0n) is 30.4. The third-order valence-electron chi connectivity index (χ3n) is 9.59. The second-order valence-corrected chi connectivity index (χ2v) is 13.5. The van der Waals surface area contributed by atoms with Crippen molar-refractivity contribution < 1.29 is 9.59 Å². The second-order valence-electron chi connectivity index (χ2n) is 13.5. The number of anilines is 4. The first-order valence-electron chi connectivity index (χ1n) is 18.7. The number of nitrogens with zero attached hydrogens (tertiary/aromatic N) is 4. The summed E-state index contributed by atoms with van der Waals surface area (Å²) in [5.74, 6) is -0.404. The third-order valence-corrected chi connectivity index (χ3v) is 9.59. The molecular formula is C46H48N4O2. The smallest absolute Gasteiger partial charge is 0.258 e. The largest absolute Gasteiger partial charge is 0.279 e. The fourth-order valence-corrected chi connectivity index (χ4v) is 6.60. The first-order valence-corrected chi connectivity index (χ1v) is 18.7. The molecule has 0 aliphatic heterocycles. The molecule has 0 fully saturated rings. The van der Waals surface area contributed by atoms with Crippen molar-refractivity contribution in [1.29, 1.82) is 0 Å². The summed E-state index contributed by atoms with van der Waals surface area (Å²) in [7, 11) is 0. The second kappa shape index (κ2) is 17.5. The van der Waals surface area contributed by atoms with Crippen molar-refractivity contribution in [3.05, 3.63) is 145 Å². The fraction of sp³-hybridized carbons (Fsp3) is 0.261. The van der Waals surface area contributed by atoms with Crippen molar-refractivity contribution in [1.82, 2.24) is 9.97 Å². The van der Waals surface area contributed by atoms with Gasteiger partial charge in [-0.25, -0.2) is 0 Å². The molecule has 2 aromatic heterocycles. The fourth-order valence-electron chi connectivity index (χ4n) is 6.60. The number of para-hydroxylation sites is 2. The standard InChI is InChI=1S/C46H48N4O2/c1-4-6-8-14-35-21-25-39(26-22-35)49(41-30-37-16-10-12-18-43(37)47-32-41)45(51)29-20-34(3)46(52)50(40-27-23-36(24-28-40)15-9-7-5-2)42-31-38-17-11-13-19-44(38)48-33-42/h10-13,16-19,21-28,30-33H,3-9,14-15,20,29H2,1-2H3. The zero-order valence-corrected chi connectivity index (χ0v) is 30.4. The molecule has 6 nitrogen and oxygen atoms in total. The van der Waals surface area contributed by atoms with E-state index in [1.807, 2.05) is 84.9 Å². The number of carbonyl (C=O) groups excluding carboxylic acids is 2. The molecule has 6 rings (SSSR count). The van der Waals surface area contributed by atoms with Gasteiger partial charge in [0.2, 0.25) is 5.91 Å². The topological polar surface area (TPSA) is 66.4 Å². The molecule has 52 heavy (non-hydrogen) atoms. The molecule has 4 aromatic carbocycles. The molecule has 0 bridgehead atoms. The van der Waals surface area contributed by atoms with E-state index < -0.39 is 0 Å². The lowest BCUT2D eigenvalue weighted by Crippen LogP contribution is -2.29. The van der Waals surface area contributed by atoms with Gasteiger partial charge < -0.3 is 0 Å². The van der Waals surface area contributed by atoms with Crippen LogP contribution in [0.3, 0.4) is 0 Å². The van der Waals surface area contributed by atoms with Crippen LogP contribution in [0.1, 0.15) is 76.3 Å². The van der Waals surface area contributed by atoms with Gasteiger partial charge in [0.25, 0.3) is 5.91 Å². The molecule has 0 N–H and O–H groups in total. The van der Waals surface area contributed by atoms with Gasteiger partial charge in [-0.05, 0) is 91.8 Å². The van der Waals surface area contributed by atoms with E-state index in [1.165, 1.54) is 36.8 Å². The number of rotatable bonds is 16. The summed E-state index contributed by atoms with van der Waals surface area (Å²) >= 11 is 0. The van der Waals surface area contributed by atoms with Crippen molar-refractivity contribution in [2.24, 2.45) is 0 Å². The van der Waals surface area contributed by atoms with Gasteiger partial charge in [0.15, 0.2) is 0 Å². The molecule has 2 heterocycles. The van der Waals surface area contributed by atoms with E-state index in [2.05, 4.69) is 54.7 Å². The molecule has 0 aliphatic carbocycles. The lowest BCUT2D eigenvalue weighted by Gasteiger charge is -2.26. The van der Waals surface area contributed by atoms with Crippen LogP contribution < -0.4 is 9.80 Å². The maximum atomic E-state index is 14.4. The molecule has 264 valence electrons. The Morgan fingerprint density at radius 3 is 1.52 bits per heavy atom. The maximum Gasteiger partial charge on any atom is 0.258 e. The SMILES string of the molecule is C=C(CCC(=O)N(c1ccc(CCCCC)cc1)c1cnc2ccccc2c1)C(=O)N(c1ccc(CCCCC)cc1)c1cnc2ccccc2c1. The summed E-state index contributed by atoms with van der Waals surface area (Å²) in [5, 5.41) is 1.88. The third kappa shape index (κ3) is 8.81. The van der Waals surface area contributed by atoms with Gasteiger partial charge >= 0.3 is 0 Å². The highest BCUT2D eigenvalue weighted by molar-refractivity contribution is 6.11. The molecule has 6 aromatic rings. The minimum Gasteiger partial charge on any atom is -0.279 e. The van der Waals surface area contributed by atoms with E-state index >= 15 is 0 Å². The molecule has 0 saturated carbocycles. The number of hydrogen-bond donors (Lipinski definition) is 0. The van der Waals surface area contributed by atoms with Gasteiger partial charge in [-0.15, -0.1) is 0 Å². The van der Waals surface area contributed by atoms with Crippen LogP contribution in [0.5, 0.6) is 0 Å². The quantitative estimate of drug-likeness (QED) is 0.0750. The maximum absolute atomic E-state index is 14.4. The van der Waals surface area contributed by atoms with Crippen molar-refractivity contribution in [2.45, 2.75) is 78.1 Å². The van der Waals surface area contributed by atoms with Crippen molar-refractivity contribution in [3.8, 4) is 0 Å². The summed E-state index contributed by atoms with van der Waals surface area (Å²) < 4.78 is 0. The number of amides is 2. The van der Waals surface area contributed by atoms with Crippen LogP contribution in [0.15, 0.2) is 134 Å². The molecule has 0 aliphatic rings. The van der Waals surface area contributed by atoms with Crippen molar-refractivity contribution in [3.63, 3.8) is 0 Å². The summed E-state index contributed by atoms with van der Waals surface area (Å²) in [6.45, 7) is 8.64. The molecule has 6 heteroatoms. The van der Waals surface area contributed by atoms with Crippen LogP contribution in [-0.2, 0) is 22.4 Å². The lowest BCUT2D eigenvalue weighted by atomic mass is 10.0. The highest BCUT2D eigenvalue weighted by Crippen LogP contribution is 2.32. The molecule has 0 spiro atoms. The Balaban J connectivity index is 1.25. The normalized spacial score (nSPS) is 11.1. The number of carbonyl (C=O) groups is 2. The minimum absolute atomic E-state index is 0.0931. The van der Waals surface area contributed by atoms with E-state index in [-0.39, 0.29) is 24.7 Å². The number of aryl methyl sites for hydroxylation is 2. The summed E-state index contributed by atoms with van der Waals surface area (Å²) in [6.07, 6.45) is 12.8. The van der Waals surface area contributed by atoms with Gasteiger partial charge in [0.1, 0.15) is 0 Å². The molecular weight excluding hydrogens is 641 g/mol. The van der Waals surface area contributed by atoms with Crippen LogP contribution >= 0.6 is 0 Å². The molecule has 2 amide bonds. The summed E-state index contributed by atoms with van der Waals surface area (Å²) in [5.41, 5.74) is 7.38. The number of pyridine rings is 2. The Morgan fingerprint density at radius 1 is 0.558 bits per heavy atom. The molecule has 0 unspecified atom stereocenters. The van der Waals surface area contributed by atoms with Gasteiger partial charge in [0, 0.05) is 34.1 Å². The number of benzene rings is 4. The number of hydrogen-bond acceptors (Lipinski definition) is 4. The Hall–Kier alpha value is -5.62. The van der Waals surface area contributed by atoms with E-state index in [9.17, 15) is 9.59 Å². The highest BCUT2D eigenvalue weighted by atomic mass is 16.2. The van der Waals surface area contributed by atoms with E-state index in [0.717, 1.165) is 58.9 Å². The molecule has 0 atom stereocenters. The molecule has 0 radical (unpaired) electrons. The van der Waals surface area contributed by atoms with Gasteiger partial charge in [-0.3, -0.25) is 29.4 Å². The van der Waals surface area contributed by atoms with Gasteiger partial charge in [0.05, 0.1) is 34.8 Å². The van der Waals surface area contributed by atoms with Crippen LogP contribution in [0.25, 0.3) is 21.8 Å². The Kier molecular flexibility index (Phi) is 12.2. The summed E-state index contributed by atoms with van der Waals surface area (Å²) in [4.78, 5) is 41.3. The van der Waals surface area contributed by atoms with Crippen LogP contribution in [0.2, 0.25) is 0 Å². The monoisotopic (exact) mass is 688 g/mol. The van der Waals surface area contributed by atoms with Crippen molar-refractivity contribution >= 4 is 56.4 Å². The first kappa shape index (κ1) is 36.2. The van der Waals surface area contributed by atoms with E-state index in [4.69, 9.17) is 0 Å².